The molecule has 1 aromatic rings. The van der Waals surface area contributed by atoms with Crippen molar-refractivity contribution in [2.75, 3.05) is 6.54 Å². The molecule has 1 amide bonds. The lowest BCUT2D eigenvalue weighted by Gasteiger charge is -2.26. The maximum absolute atomic E-state index is 12.0. The van der Waals surface area contributed by atoms with Gasteiger partial charge in [-0.2, -0.15) is 0 Å². The van der Waals surface area contributed by atoms with E-state index in [1.165, 1.54) is 0 Å². The van der Waals surface area contributed by atoms with E-state index >= 15 is 0 Å². The van der Waals surface area contributed by atoms with Crippen molar-refractivity contribution in [2.45, 2.75) is 32.2 Å². The Bertz CT molecular complexity index is 375. The smallest absolute Gasteiger partial charge is 0.223 e. The number of carbonyl (C=O) groups excluding carboxylic acids is 1. The first-order chi connectivity index (χ1) is 8.79. The molecule has 19 heavy (non-hydrogen) atoms. The first-order valence-electron chi connectivity index (χ1n) is 6.81. The van der Waals surface area contributed by atoms with Crippen molar-refractivity contribution in [1.82, 2.24) is 5.32 Å². The molecule has 4 heteroatoms. The second kappa shape index (κ2) is 8.18. The van der Waals surface area contributed by atoms with Crippen LogP contribution in [-0.4, -0.2) is 12.5 Å². The Balaban J connectivity index is 0.00000180. The summed E-state index contributed by atoms with van der Waals surface area (Å²) in [6.07, 6.45) is 4.17. The molecule has 0 saturated heterocycles. The van der Waals surface area contributed by atoms with Crippen molar-refractivity contribution in [2.24, 2.45) is 17.6 Å². The zero-order valence-electron chi connectivity index (χ0n) is 11.2. The monoisotopic (exact) mass is 282 g/mol. The summed E-state index contributed by atoms with van der Waals surface area (Å²) in [7, 11) is 0. The molecule has 1 saturated carbocycles. The van der Waals surface area contributed by atoms with E-state index in [0.29, 0.717) is 12.5 Å². The van der Waals surface area contributed by atoms with E-state index in [0.717, 1.165) is 37.8 Å². The van der Waals surface area contributed by atoms with Gasteiger partial charge >= 0.3 is 0 Å². The SMILES string of the molecule is Cl.NCC1CCC(C(=O)NCc2ccccc2)CC1. The van der Waals surface area contributed by atoms with Gasteiger partial charge in [-0.15, -0.1) is 12.4 Å². The lowest BCUT2D eigenvalue weighted by Crippen LogP contribution is -2.33. The van der Waals surface area contributed by atoms with Gasteiger partial charge in [-0.25, -0.2) is 0 Å². The van der Waals surface area contributed by atoms with Crippen LogP contribution in [0.2, 0.25) is 0 Å². The third-order valence-corrected chi connectivity index (χ3v) is 3.86. The molecule has 1 aliphatic rings. The molecule has 2 rings (SSSR count). The van der Waals surface area contributed by atoms with Crippen LogP contribution in [0.15, 0.2) is 30.3 Å². The first-order valence-corrected chi connectivity index (χ1v) is 6.81. The number of amides is 1. The summed E-state index contributed by atoms with van der Waals surface area (Å²) in [4.78, 5) is 12.0. The molecule has 106 valence electrons. The maximum Gasteiger partial charge on any atom is 0.223 e. The van der Waals surface area contributed by atoms with Crippen LogP contribution in [0.3, 0.4) is 0 Å². The number of benzene rings is 1. The quantitative estimate of drug-likeness (QED) is 0.891. The van der Waals surface area contributed by atoms with Gasteiger partial charge in [0.1, 0.15) is 0 Å². The van der Waals surface area contributed by atoms with Crippen LogP contribution < -0.4 is 11.1 Å². The average molecular weight is 283 g/mol. The molecule has 0 aliphatic heterocycles. The molecular formula is C15H23ClN2O. The Kier molecular flexibility index (Phi) is 6.89. The van der Waals surface area contributed by atoms with Gasteiger partial charge in [0.05, 0.1) is 0 Å². The van der Waals surface area contributed by atoms with Gasteiger partial charge in [-0.3, -0.25) is 4.79 Å². The number of carbonyl (C=O) groups is 1. The van der Waals surface area contributed by atoms with E-state index in [2.05, 4.69) is 5.32 Å². The number of hydrogen-bond donors (Lipinski definition) is 2. The zero-order valence-corrected chi connectivity index (χ0v) is 12.0. The third-order valence-electron chi connectivity index (χ3n) is 3.86. The Morgan fingerprint density at radius 2 is 1.79 bits per heavy atom. The molecule has 1 aromatic carbocycles. The fraction of sp³-hybridized carbons (Fsp3) is 0.533. The molecule has 0 heterocycles. The standard InChI is InChI=1S/C15H22N2O.ClH/c16-10-12-6-8-14(9-7-12)15(18)17-11-13-4-2-1-3-5-13;/h1-5,12,14H,6-11,16H2,(H,17,18);1H. The summed E-state index contributed by atoms with van der Waals surface area (Å²) in [5, 5.41) is 3.03. The second-order valence-corrected chi connectivity index (χ2v) is 5.16. The van der Waals surface area contributed by atoms with Crippen molar-refractivity contribution in [3.05, 3.63) is 35.9 Å². The first kappa shape index (κ1) is 16.0. The minimum absolute atomic E-state index is 0. The molecule has 0 atom stereocenters. The fourth-order valence-corrected chi connectivity index (χ4v) is 2.59. The molecule has 1 aliphatic carbocycles. The van der Waals surface area contributed by atoms with Gasteiger partial charge in [-0.05, 0) is 43.7 Å². The molecule has 3 N–H and O–H groups in total. The summed E-state index contributed by atoms with van der Waals surface area (Å²) in [5.74, 6) is 1.02. The van der Waals surface area contributed by atoms with E-state index in [1.807, 2.05) is 30.3 Å². The third kappa shape index (κ3) is 4.84. The van der Waals surface area contributed by atoms with Crippen molar-refractivity contribution < 1.29 is 4.79 Å². The Morgan fingerprint density at radius 3 is 2.37 bits per heavy atom. The van der Waals surface area contributed by atoms with E-state index in [9.17, 15) is 4.79 Å². The molecule has 3 nitrogen and oxygen atoms in total. The summed E-state index contributed by atoms with van der Waals surface area (Å²) >= 11 is 0. The van der Waals surface area contributed by atoms with Crippen LogP contribution in [0.25, 0.3) is 0 Å². The van der Waals surface area contributed by atoms with Gasteiger partial charge in [0.25, 0.3) is 0 Å². The highest BCUT2D eigenvalue weighted by atomic mass is 35.5. The van der Waals surface area contributed by atoms with Gasteiger partial charge in [-0.1, -0.05) is 30.3 Å². The minimum atomic E-state index is 0. The topological polar surface area (TPSA) is 55.1 Å². The number of rotatable bonds is 4. The molecular weight excluding hydrogens is 260 g/mol. The zero-order chi connectivity index (χ0) is 12.8. The predicted octanol–water partition coefficient (Wildman–Crippen LogP) is 2.49. The van der Waals surface area contributed by atoms with Crippen molar-refractivity contribution >= 4 is 18.3 Å². The van der Waals surface area contributed by atoms with Crippen LogP contribution >= 0.6 is 12.4 Å². The minimum Gasteiger partial charge on any atom is -0.352 e. The Labute approximate surface area is 121 Å². The highest BCUT2D eigenvalue weighted by Crippen LogP contribution is 2.28. The summed E-state index contributed by atoms with van der Waals surface area (Å²) in [5.41, 5.74) is 6.81. The second-order valence-electron chi connectivity index (χ2n) is 5.16. The van der Waals surface area contributed by atoms with E-state index < -0.39 is 0 Å². The van der Waals surface area contributed by atoms with Gasteiger partial charge in [0, 0.05) is 12.5 Å². The Hall–Kier alpha value is -1.06. The lowest BCUT2D eigenvalue weighted by molar-refractivity contribution is -0.126. The highest BCUT2D eigenvalue weighted by molar-refractivity contribution is 5.85. The van der Waals surface area contributed by atoms with E-state index in [1.54, 1.807) is 0 Å². The average Bonchev–Trinajstić information content (AvgIpc) is 2.46. The molecule has 0 spiro atoms. The van der Waals surface area contributed by atoms with E-state index in [-0.39, 0.29) is 24.2 Å². The van der Waals surface area contributed by atoms with Gasteiger partial charge < -0.3 is 11.1 Å². The number of nitrogens with one attached hydrogen (secondary N) is 1. The molecule has 0 unspecified atom stereocenters. The van der Waals surface area contributed by atoms with Crippen LogP contribution in [0, 0.1) is 11.8 Å². The maximum atomic E-state index is 12.0. The van der Waals surface area contributed by atoms with Crippen LogP contribution in [0.5, 0.6) is 0 Å². The molecule has 1 fully saturated rings. The van der Waals surface area contributed by atoms with Gasteiger partial charge in [0.2, 0.25) is 5.91 Å². The summed E-state index contributed by atoms with van der Waals surface area (Å²) in [6.45, 7) is 1.40. The van der Waals surface area contributed by atoms with Crippen molar-refractivity contribution in [1.29, 1.82) is 0 Å². The van der Waals surface area contributed by atoms with Crippen LogP contribution in [-0.2, 0) is 11.3 Å². The van der Waals surface area contributed by atoms with Crippen LogP contribution in [0.1, 0.15) is 31.2 Å². The van der Waals surface area contributed by atoms with Crippen molar-refractivity contribution in [3.8, 4) is 0 Å². The summed E-state index contributed by atoms with van der Waals surface area (Å²) < 4.78 is 0. The summed E-state index contributed by atoms with van der Waals surface area (Å²) in [6, 6.07) is 10.0. The lowest BCUT2D eigenvalue weighted by atomic mass is 9.81. The highest BCUT2D eigenvalue weighted by Gasteiger charge is 2.25. The largest absolute Gasteiger partial charge is 0.352 e. The predicted molar refractivity (Wildman–Crippen MR) is 80.0 cm³/mol. The molecule has 0 radical (unpaired) electrons. The van der Waals surface area contributed by atoms with E-state index in [4.69, 9.17) is 5.73 Å². The number of halogens is 1. The number of hydrogen-bond acceptors (Lipinski definition) is 2. The molecule has 0 bridgehead atoms. The number of nitrogens with two attached hydrogens (primary N) is 1. The van der Waals surface area contributed by atoms with Crippen LogP contribution in [0.4, 0.5) is 0 Å². The van der Waals surface area contributed by atoms with Crippen molar-refractivity contribution in [3.63, 3.8) is 0 Å². The fourth-order valence-electron chi connectivity index (χ4n) is 2.59. The molecule has 0 aromatic heterocycles. The normalized spacial score (nSPS) is 22.4. The Morgan fingerprint density at radius 1 is 1.16 bits per heavy atom. The van der Waals surface area contributed by atoms with Gasteiger partial charge in [0.15, 0.2) is 0 Å².